The molecule has 4 rings (SSSR count). The molecule has 3 aromatic rings. The van der Waals surface area contributed by atoms with Crippen LogP contribution in [0.4, 0.5) is 0 Å². The average molecular weight is 280 g/mol. The van der Waals surface area contributed by atoms with Gasteiger partial charge in [-0.2, -0.15) is 0 Å². The third-order valence-electron chi connectivity index (χ3n) is 3.82. The van der Waals surface area contributed by atoms with Gasteiger partial charge in [0.05, 0.1) is 6.04 Å². The van der Waals surface area contributed by atoms with Gasteiger partial charge in [0.1, 0.15) is 5.76 Å². The van der Waals surface area contributed by atoms with E-state index in [1.165, 1.54) is 5.56 Å². The highest BCUT2D eigenvalue weighted by atomic mass is 16.3. The van der Waals surface area contributed by atoms with Crippen LogP contribution in [0.1, 0.15) is 23.2 Å². The molecule has 0 radical (unpaired) electrons. The molecule has 1 aliphatic rings. The summed E-state index contributed by atoms with van der Waals surface area (Å²) in [7, 11) is 0. The normalized spacial score (nSPS) is 17.7. The van der Waals surface area contributed by atoms with Gasteiger partial charge in [0.2, 0.25) is 0 Å². The smallest absolute Gasteiger partial charge is 0.199 e. The Hall–Kier alpha value is -2.40. The monoisotopic (exact) mass is 280 g/mol. The van der Waals surface area contributed by atoms with Gasteiger partial charge < -0.3 is 14.3 Å². The molecule has 1 unspecified atom stereocenters. The van der Waals surface area contributed by atoms with Crippen molar-refractivity contribution in [2.24, 2.45) is 0 Å². The fraction of sp³-hybridized carbons (Fsp3) is 0.250. The summed E-state index contributed by atoms with van der Waals surface area (Å²) in [6.07, 6.45) is 0. The lowest BCUT2D eigenvalue weighted by atomic mass is 10.0. The molecule has 0 saturated carbocycles. The lowest BCUT2D eigenvalue weighted by Crippen LogP contribution is -2.34. The largest absolute Gasteiger partial charge is 0.458 e. The molecule has 1 aliphatic heterocycles. The number of aryl methyl sites for hydroxylation is 1. The summed E-state index contributed by atoms with van der Waals surface area (Å²) in [5, 5.41) is 12.2. The van der Waals surface area contributed by atoms with E-state index in [0.717, 1.165) is 36.3 Å². The lowest BCUT2D eigenvalue weighted by Gasteiger charge is -2.25. The van der Waals surface area contributed by atoms with E-state index in [9.17, 15) is 0 Å². The summed E-state index contributed by atoms with van der Waals surface area (Å²) in [5.74, 6) is 3.41. The van der Waals surface area contributed by atoms with Crippen LogP contribution in [0.3, 0.4) is 0 Å². The molecule has 21 heavy (non-hydrogen) atoms. The fourth-order valence-electron chi connectivity index (χ4n) is 2.81. The first-order valence-corrected chi connectivity index (χ1v) is 7.11. The van der Waals surface area contributed by atoms with Crippen molar-refractivity contribution in [3.05, 3.63) is 59.6 Å². The summed E-state index contributed by atoms with van der Waals surface area (Å²) in [6, 6.07) is 14.3. The zero-order valence-corrected chi connectivity index (χ0v) is 11.8. The highest BCUT2D eigenvalue weighted by molar-refractivity contribution is 5.48. The van der Waals surface area contributed by atoms with Crippen molar-refractivity contribution in [2.45, 2.75) is 19.5 Å². The average Bonchev–Trinajstić information content (AvgIpc) is 3.13. The zero-order valence-electron chi connectivity index (χ0n) is 11.8. The van der Waals surface area contributed by atoms with Crippen LogP contribution in [0.5, 0.6) is 0 Å². The SMILES string of the molecule is Cc1ccc(-c2nnc3n2CCNC3c2ccccc2)o1. The van der Waals surface area contributed by atoms with Gasteiger partial charge >= 0.3 is 0 Å². The molecule has 106 valence electrons. The number of furan rings is 1. The number of aromatic nitrogens is 3. The summed E-state index contributed by atoms with van der Waals surface area (Å²) >= 11 is 0. The minimum Gasteiger partial charge on any atom is -0.458 e. The number of rotatable bonds is 2. The minimum absolute atomic E-state index is 0.0808. The lowest BCUT2D eigenvalue weighted by molar-refractivity contribution is 0.453. The van der Waals surface area contributed by atoms with Gasteiger partial charge in [0.15, 0.2) is 17.4 Å². The molecular formula is C16H16N4O. The molecule has 0 bridgehead atoms. The first kappa shape index (κ1) is 12.3. The Morgan fingerprint density at radius 2 is 2.00 bits per heavy atom. The predicted octanol–water partition coefficient (Wildman–Crippen LogP) is 2.54. The maximum atomic E-state index is 5.69. The van der Waals surface area contributed by atoms with Crippen LogP contribution in [0.25, 0.3) is 11.6 Å². The molecule has 1 N–H and O–H groups in total. The van der Waals surface area contributed by atoms with Crippen molar-refractivity contribution in [1.29, 1.82) is 0 Å². The van der Waals surface area contributed by atoms with Gasteiger partial charge in [0.25, 0.3) is 0 Å². The number of hydrogen-bond donors (Lipinski definition) is 1. The number of nitrogens with zero attached hydrogens (tertiary/aromatic N) is 3. The van der Waals surface area contributed by atoms with Crippen LogP contribution in [-0.2, 0) is 6.54 Å². The van der Waals surface area contributed by atoms with Crippen LogP contribution < -0.4 is 5.32 Å². The first-order chi connectivity index (χ1) is 10.3. The summed E-state index contributed by atoms with van der Waals surface area (Å²) in [6.45, 7) is 3.67. The van der Waals surface area contributed by atoms with Gasteiger partial charge in [-0.05, 0) is 24.6 Å². The number of benzene rings is 1. The highest BCUT2D eigenvalue weighted by Crippen LogP contribution is 2.28. The van der Waals surface area contributed by atoms with Crippen molar-refractivity contribution in [3.63, 3.8) is 0 Å². The second kappa shape index (κ2) is 4.86. The van der Waals surface area contributed by atoms with Gasteiger partial charge in [-0.15, -0.1) is 10.2 Å². The maximum absolute atomic E-state index is 5.69. The Bertz CT molecular complexity index is 760. The molecule has 3 heterocycles. The molecule has 0 saturated heterocycles. The van der Waals surface area contributed by atoms with E-state index in [-0.39, 0.29) is 6.04 Å². The Kier molecular flexibility index (Phi) is 2.86. The van der Waals surface area contributed by atoms with E-state index < -0.39 is 0 Å². The molecule has 0 aliphatic carbocycles. The van der Waals surface area contributed by atoms with Crippen molar-refractivity contribution < 1.29 is 4.42 Å². The first-order valence-electron chi connectivity index (χ1n) is 7.11. The van der Waals surface area contributed by atoms with Crippen molar-refractivity contribution >= 4 is 0 Å². The van der Waals surface area contributed by atoms with E-state index in [2.05, 4.69) is 32.2 Å². The second-order valence-electron chi connectivity index (χ2n) is 5.24. The quantitative estimate of drug-likeness (QED) is 0.783. The van der Waals surface area contributed by atoms with Crippen LogP contribution in [0, 0.1) is 6.92 Å². The topological polar surface area (TPSA) is 55.9 Å². The van der Waals surface area contributed by atoms with Gasteiger partial charge in [0, 0.05) is 13.1 Å². The van der Waals surface area contributed by atoms with Crippen LogP contribution in [-0.4, -0.2) is 21.3 Å². The Morgan fingerprint density at radius 3 is 2.76 bits per heavy atom. The van der Waals surface area contributed by atoms with E-state index in [1.807, 2.05) is 37.3 Å². The molecule has 2 aromatic heterocycles. The summed E-state index contributed by atoms with van der Waals surface area (Å²) < 4.78 is 7.84. The number of nitrogens with one attached hydrogen (secondary N) is 1. The zero-order chi connectivity index (χ0) is 14.2. The van der Waals surface area contributed by atoms with Gasteiger partial charge in [-0.1, -0.05) is 30.3 Å². The van der Waals surface area contributed by atoms with Gasteiger partial charge in [-0.3, -0.25) is 0 Å². The van der Waals surface area contributed by atoms with Crippen molar-refractivity contribution in [2.75, 3.05) is 6.54 Å². The molecule has 5 heteroatoms. The van der Waals surface area contributed by atoms with E-state index in [1.54, 1.807) is 0 Å². The van der Waals surface area contributed by atoms with E-state index >= 15 is 0 Å². The summed E-state index contributed by atoms with van der Waals surface area (Å²) in [5.41, 5.74) is 1.20. The highest BCUT2D eigenvalue weighted by Gasteiger charge is 2.27. The fourth-order valence-corrected chi connectivity index (χ4v) is 2.81. The molecule has 0 fully saturated rings. The van der Waals surface area contributed by atoms with E-state index in [4.69, 9.17) is 4.42 Å². The number of fused-ring (bicyclic) bond motifs is 1. The maximum Gasteiger partial charge on any atom is 0.199 e. The van der Waals surface area contributed by atoms with Gasteiger partial charge in [-0.25, -0.2) is 0 Å². The van der Waals surface area contributed by atoms with Crippen LogP contribution >= 0.6 is 0 Å². The van der Waals surface area contributed by atoms with Crippen LogP contribution in [0.2, 0.25) is 0 Å². The third kappa shape index (κ3) is 2.06. The molecule has 1 atom stereocenters. The molecular weight excluding hydrogens is 264 g/mol. The van der Waals surface area contributed by atoms with Crippen molar-refractivity contribution in [1.82, 2.24) is 20.1 Å². The Morgan fingerprint density at radius 1 is 1.14 bits per heavy atom. The Labute approximate surface area is 122 Å². The Balaban J connectivity index is 1.79. The molecule has 5 nitrogen and oxygen atoms in total. The van der Waals surface area contributed by atoms with E-state index in [0.29, 0.717) is 0 Å². The summed E-state index contributed by atoms with van der Waals surface area (Å²) in [4.78, 5) is 0. The second-order valence-corrected chi connectivity index (χ2v) is 5.24. The third-order valence-corrected chi connectivity index (χ3v) is 3.82. The predicted molar refractivity (Wildman–Crippen MR) is 78.7 cm³/mol. The van der Waals surface area contributed by atoms with Crippen LogP contribution in [0.15, 0.2) is 46.9 Å². The molecule has 0 spiro atoms. The minimum atomic E-state index is 0.0808. The standard InChI is InChI=1S/C16H16N4O/c1-11-7-8-13(21-11)15-18-19-16-14(17-9-10-20(15)16)12-5-3-2-4-6-12/h2-8,14,17H,9-10H2,1H3. The van der Waals surface area contributed by atoms with Crippen molar-refractivity contribution in [3.8, 4) is 11.6 Å². The molecule has 1 aromatic carbocycles. The number of hydrogen-bond acceptors (Lipinski definition) is 4. The molecule has 0 amide bonds.